The molecule has 11 nitrogen and oxygen atoms in total. The highest BCUT2D eigenvalue weighted by Crippen LogP contribution is 2.36. The van der Waals surface area contributed by atoms with Gasteiger partial charge in [-0.2, -0.15) is 5.10 Å². The van der Waals surface area contributed by atoms with Gasteiger partial charge in [0.25, 0.3) is 5.56 Å². The first-order valence-electron chi connectivity index (χ1n) is 10.8. The van der Waals surface area contributed by atoms with Gasteiger partial charge in [-0.25, -0.2) is 17.9 Å². The molecule has 1 saturated carbocycles. The van der Waals surface area contributed by atoms with Crippen molar-refractivity contribution in [1.29, 1.82) is 0 Å². The number of sulfonamides is 1. The van der Waals surface area contributed by atoms with Gasteiger partial charge in [0.1, 0.15) is 0 Å². The fourth-order valence-electron chi connectivity index (χ4n) is 3.92. The number of fused-ring (bicyclic) bond motifs is 1. The summed E-state index contributed by atoms with van der Waals surface area (Å²) in [5, 5.41) is 8.07. The highest BCUT2D eigenvalue weighted by molar-refractivity contribution is 7.89. The molecule has 0 spiro atoms. The lowest BCUT2D eigenvalue weighted by molar-refractivity contribution is 0.368. The number of rotatable bonds is 7. The van der Waals surface area contributed by atoms with E-state index in [4.69, 9.17) is 4.52 Å². The summed E-state index contributed by atoms with van der Waals surface area (Å²) in [5.41, 5.74) is 0.0949. The van der Waals surface area contributed by atoms with Crippen LogP contribution in [0.2, 0.25) is 0 Å². The van der Waals surface area contributed by atoms with Crippen molar-refractivity contribution < 1.29 is 12.9 Å². The molecule has 5 rings (SSSR count). The fraction of sp³-hybridized carbons (Fsp3) is 0.364. The summed E-state index contributed by atoms with van der Waals surface area (Å²) in [6, 6.07) is 5.89. The predicted octanol–water partition coefficient (Wildman–Crippen LogP) is 1.12. The topological polar surface area (TPSA) is 134 Å². The number of nitrogens with zero attached hydrogens (tertiary/aromatic N) is 5. The Hall–Kier alpha value is -3.51. The van der Waals surface area contributed by atoms with Crippen LogP contribution in [0.15, 0.2) is 55.7 Å². The summed E-state index contributed by atoms with van der Waals surface area (Å²) >= 11 is 0. The molecule has 3 aromatic heterocycles. The summed E-state index contributed by atoms with van der Waals surface area (Å²) < 4.78 is 37.9. The minimum atomic E-state index is -3.84. The second-order valence-electron chi connectivity index (χ2n) is 9.06. The Labute approximate surface area is 194 Å². The van der Waals surface area contributed by atoms with Crippen molar-refractivity contribution in [3.05, 3.63) is 74.5 Å². The van der Waals surface area contributed by atoms with Crippen LogP contribution in [-0.2, 0) is 30.2 Å². The molecule has 0 unspecified atom stereocenters. The maximum absolute atomic E-state index is 13.4. The van der Waals surface area contributed by atoms with Crippen LogP contribution in [0.25, 0.3) is 10.9 Å². The van der Waals surface area contributed by atoms with Crippen LogP contribution in [0, 0.1) is 6.92 Å². The van der Waals surface area contributed by atoms with Gasteiger partial charge in [-0.3, -0.25) is 18.6 Å². The molecule has 178 valence electrons. The quantitative estimate of drug-likeness (QED) is 0.415. The summed E-state index contributed by atoms with van der Waals surface area (Å²) in [5.74, 6) is 0.344. The maximum Gasteiger partial charge on any atom is 0.332 e. The van der Waals surface area contributed by atoms with Crippen molar-refractivity contribution in [3.8, 4) is 0 Å². The van der Waals surface area contributed by atoms with Gasteiger partial charge in [0.05, 0.1) is 40.8 Å². The Morgan fingerprint density at radius 3 is 2.53 bits per heavy atom. The lowest BCUT2D eigenvalue weighted by Gasteiger charge is -2.15. The van der Waals surface area contributed by atoms with Crippen LogP contribution < -0.4 is 16.0 Å². The molecular formula is C22H24N6O5S. The second kappa shape index (κ2) is 7.77. The molecule has 1 aromatic carbocycles. The summed E-state index contributed by atoms with van der Waals surface area (Å²) in [4.78, 5) is 26.8. The lowest BCUT2D eigenvalue weighted by Crippen LogP contribution is -2.40. The second-order valence-corrected chi connectivity index (χ2v) is 10.7. The Balaban J connectivity index is 1.69. The number of aromatic nitrogens is 5. The van der Waals surface area contributed by atoms with E-state index in [1.54, 1.807) is 37.1 Å². The minimum Gasteiger partial charge on any atom is -0.359 e. The van der Waals surface area contributed by atoms with Crippen molar-refractivity contribution in [2.24, 2.45) is 7.05 Å². The fourth-order valence-corrected chi connectivity index (χ4v) is 5.41. The SMILES string of the molecule is Cc1cc(Cn2c(=O)c3cc(S(=O)(=O)NC4(C)CC4)ccc3n(Cc3cnn(C)c3)c2=O)on1. The number of benzene rings is 1. The molecule has 0 atom stereocenters. The minimum absolute atomic E-state index is 0.0288. The molecule has 0 saturated heterocycles. The molecule has 0 amide bonds. The van der Waals surface area contributed by atoms with Gasteiger partial charge in [0, 0.05) is 30.4 Å². The third kappa shape index (κ3) is 4.10. The molecule has 0 bridgehead atoms. The molecule has 1 aliphatic carbocycles. The van der Waals surface area contributed by atoms with E-state index in [-0.39, 0.29) is 23.4 Å². The van der Waals surface area contributed by atoms with Crippen LogP contribution in [0.4, 0.5) is 0 Å². The molecule has 3 heterocycles. The van der Waals surface area contributed by atoms with E-state index >= 15 is 0 Å². The van der Waals surface area contributed by atoms with E-state index in [1.165, 1.54) is 22.8 Å². The maximum atomic E-state index is 13.4. The molecule has 0 radical (unpaired) electrons. The molecule has 1 fully saturated rings. The number of hydrogen-bond donors (Lipinski definition) is 1. The first-order valence-corrected chi connectivity index (χ1v) is 12.2. The number of aryl methyl sites for hydroxylation is 2. The van der Waals surface area contributed by atoms with Crippen molar-refractivity contribution in [3.63, 3.8) is 0 Å². The average molecular weight is 485 g/mol. The van der Waals surface area contributed by atoms with Crippen molar-refractivity contribution in [2.45, 2.75) is 50.2 Å². The standard InChI is InChI=1S/C22H24N6O5S/c1-14-8-16(33-24-14)13-28-20(29)18-9-17(34(31,32)25-22(2)6-7-22)4-5-19(18)27(21(28)30)12-15-10-23-26(3)11-15/h4-5,8-11,25H,6-7,12-13H2,1-3H3. The van der Waals surface area contributed by atoms with Crippen molar-refractivity contribution >= 4 is 20.9 Å². The summed E-state index contributed by atoms with van der Waals surface area (Å²) in [7, 11) is -2.07. The van der Waals surface area contributed by atoms with Crippen LogP contribution >= 0.6 is 0 Å². The van der Waals surface area contributed by atoms with Crippen molar-refractivity contribution in [1.82, 2.24) is 28.8 Å². The van der Waals surface area contributed by atoms with Crippen LogP contribution in [-0.4, -0.2) is 38.0 Å². The van der Waals surface area contributed by atoms with Crippen LogP contribution in [0.1, 0.15) is 36.8 Å². The van der Waals surface area contributed by atoms with Gasteiger partial charge >= 0.3 is 5.69 Å². The zero-order chi connectivity index (χ0) is 24.3. The normalized spacial score (nSPS) is 15.1. The molecule has 4 aromatic rings. The van der Waals surface area contributed by atoms with E-state index in [1.807, 2.05) is 6.92 Å². The average Bonchev–Trinajstić information content (AvgIpc) is 3.14. The lowest BCUT2D eigenvalue weighted by atomic mass is 10.2. The third-order valence-electron chi connectivity index (χ3n) is 5.98. The van der Waals surface area contributed by atoms with Gasteiger partial charge in [0.15, 0.2) is 5.76 Å². The van der Waals surface area contributed by atoms with Crippen LogP contribution in [0.5, 0.6) is 0 Å². The first kappa shape index (κ1) is 22.3. The molecule has 0 aliphatic heterocycles. The predicted molar refractivity (Wildman–Crippen MR) is 123 cm³/mol. The monoisotopic (exact) mass is 484 g/mol. The Morgan fingerprint density at radius 1 is 1.15 bits per heavy atom. The Kier molecular flexibility index (Phi) is 5.10. The molecule has 12 heteroatoms. The summed E-state index contributed by atoms with van der Waals surface area (Å²) in [6.45, 7) is 3.60. The molecule has 1 aliphatic rings. The van der Waals surface area contributed by atoms with E-state index in [9.17, 15) is 18.0 Å². The number of nitrogens with one attached hydrogen (secondary N) is 1. The van der Waals surface area contributed by atoms with Gasteiger partial charge in [0.2, 0.25) is 10.0 Å². The van der Waals surface area contributed by atoms with Crippen molar-refractivity contribution in [2.75, 3.05) is 0 Å². The molecular weight excluding hydrogens is 460 g/mol. The van der Waals surface area contributed by atoms with Gasteiger partial charge in [-0.15, -0.1) is 0 Å². The van der Waals surface area contributed by atoms with Gasteiger partial charge in [-0.1, -0.05) is 5.16 Å². The zero-order valence-electron chi connectivity index (χ0n) is 19.0. The third-order valence-corrected chi connectivity index (χ3v) is 7.61. The zero-order valence-corrected chi connectivity index (χ0v) is 19.8. The van der Waals surface area contributed by atoms with Gasteiger partial charge < -0.3 is 4.52 Å². The highest BCUT2D eigenvalue weighted by Gasteiger charge is 2.41. The van der Waals surface area contributed by atoms with Crippen LogP contribution in [0.3, 0.4) is 0 Å². The van der Waals surface area contributed by atoms with E-state index in [0.717, 1.165) is 23.0 Å². The molecule has 34 heavy (non-hydrogen) atoms. The smallest absolute Gasteiger partial charge is 0.332 e. The largest absolute Gasteiger partial charge is 0.359 e. The molecule has 1 N–H and O–H groups in total. The van der Waals surface area contributed by atoms with Gasteiger partial charge in [-0.05, 0) is 44.9 Å². The summed E-state index contributed by atoms with van der Waals surface area (Å²) in [6.07, 6.45) is 4.92. The Bertz CT molecular complexity index is 1640. The number of hydrogen-bond acceptors (Lipinski definition) is 7. The highest BCUT2D eigenvalue weighted by atomic mass is 32.2. The van der Waals surface area contributed by atoms with E-state index in [2.05, 4.69) is 15.0 Å². The van der Waals surface area contributed by atoms with E-state index in [0.29, 0.717) is 17.0 Å². The first-order chi connectivity index (χ1) is 16.0. The van der Waals surface area contributed by atoms with E-state index < -0.39 is 26.8 Å². The Morgan fingerprint density at radius 2 is 1.91 bits per heavy atom.